The van der Waals surface area contributed by atoms with Crippen molar-refractivity contribution >= 4 is 23.2 Å². The quantitative estimate of drug-likeness (QED) is 0.803. The molecule has 1 aromatic rings. The lowest BCUT2D eigenvalue weighted by molar-refractivity contribution is -0.149. The monoisotopic (exact) mass is 256 g/mol. The van der Waals surface area contributed by atoms with Crippen molar-refractivity contribution in [1.29, 1.82) is 0 Å². The van der Waals surface area contributed by atoms with Crippen molar-refractivity contribution < 1.29 is 14.7 Å². The molecule has 6 heteroatoms. The molecular formula is C11H16N2O3S. The highest BCUT2D eigenvalue weighted by Gasteiger charge is 2.23. The summed E-state index contributed by atoms with van der Waals surface area (Å²) in [6, 6.07) is 0. The second-order valence-electron chi connectivity index (χ2n) is 3.93. The molecule has 94 valence electrons. The van der Waals surface area contributed by atoms with Crippen molar-refractivity contribution in [2.24, 2.45) is 5.92 Å². The van der Waals surface area contributed by atoms with Gasteiger partial charge in [-0.15, -0.1) is 11.3 Å². The summed E-state index contributed by atoms with van der Waals surface area (Å²) in [6.07, 6.45) is 2.45. The van der Waals surface area contributed by atoms with Crippen LogP contribution in [0.5, 0.6) is 0 Å². The molecule has 0 spiro atoms. The van der Waals surface area contributed by atoms with Crippen LogP contribution in [0.4, 0.5) is 0 Å². The summed E-state index contributed by atoms with van der Waals surface area (Å²) in [6.45, 7) is 3.86. The third kappa shape index (κ3) is 3.81. The number of hydrogen-bond donors (Lipinski definition) is 1. The maximum atomic E-state index is 11.6. The largest absolute Gasteiger partial charge is 0.481 e. The van der Waals surface area contributed by atoms with Crippen LogP contribution in [0.2, 0.25) is 0 Å². The van der Waals surface area contributed by atoms with Gasteiger partial charge in [0.15, 0.2) is 0 Å². The summed E-state index contributed by atoms with van der Waals surface area (Å²) in [5, 5.41) is 9.70. The smallest absolute Gasteiger partial charge is 0.315 e. The number of aryl methyl sites for hydroxylation is 1. The van der Waals surface area contributed by atoms with Gasteiger partial charge in [-0.25, -0.2) is 4.98 Å². The summed E-state index contributed by atoms with van der Waals surface area (Å²) in [5.74, 6) is -2.45. The van der Waals surface area contributed by atoms with Gasteiger partial charge in [0.2, 0.25) is 5.91 Å². The highest BCUT2D eigenvalue weighted by molar-refractivity contribution is 7.11. The highest BCUT2D eigenvalue weighted by Crippen LogP contribution is 2.12. The molecule has 5 nitrogen and oxygen atoms in total. The zero-order chi connectivity index (χ0) is 13.0. The lowest BCUT2D eigenvalue weighted by atomic mass is 10.1. The van der Waals surface area contributed by atoms with E-state index in [0.29, 0.717) is 13.0 Å². The van der Waals surface area contributed by atoms with Crippen LogP contribution < -0.4 is 0 Å². The number of thiazole rings is 1. The van der Waals surface area contributed by atoms with Gasteiger partial charge in [0.1, 0.15) is 5.92 Å². The number of carboxylic acid groups (broad SMARTS) is 1. The van der Waals surface area contributed by atoms with Crippen LogP contribution >= 0.6 is 11.3 Å². The number of aromatic nitrogens is 1. The number of amides is 1. The predicted molar refractivity (Wildman–Crippen MR) is 65.0 cm³/mol. The van der Waals surface area contributed by atoms with Crippen molar-refractivity contribution in [3.8, 4) is 0 Å². The zero-order valence-electron chi connectivity index (χ0n) is 10.1. The van der Waals surface area contributed by atoms with Gasteiger partial charge in [-0.2, -0.15) is 0 Å². The summed E-state index contributed by atoms with van der Waals surface area (Å²) in [5.41, 5.74) is 0. The van der Waals surface area contributed by atoms with Gasteiger partial charge in [0.25, 0.3) is 0 Å². The molecule has 0 saturated heterocycles. The molecule has 17 heavy (non-hydrogen) atoms. The van der Waals surface area contributed by atoms with Gasteiger partial charge in [0, 0.05) is 31.1 Å². The van der Waals surface area contributed by atoms with Crippen molar-refractivity contribution in [3.05, 3.63) is 16.1 Å². The van der Waals surface area contributed by atoms with Crippen molar-refractivity contribution in [1.82, 2.24) is 9.88 Å². The molecule has 0 aliphatic heterocycles. The van der Waals surface area contributed by atoms with E-state index in [0.717, 1.165) is 9.88 Å². The minimum Gasteiger partial charge on any atom is -0.481 e. The fraction of sp³-hybridized carbons (Fsp3) is 0.545. The Labute approximate surface area is 104 Å². The lowest BCUT2D eigenvalue weighted by Gasteiger charge is -2.18. The Balaban J connectivity index is 2.47. The molecule has 1 amide bonds. The van der Waals surface area contributed by atoms with Crippen LogP contribution in [0, 0.1) is 12.8 Å². The van der Waals surface area contributed by atoms with Gasteiger partial charge in [-0.1, -0.05) is 0 Å². The number of carboxylic acids is 1. The second kappa shape index (κ2) is 5.77. The van der Waals surface area contributed by atoms with E-state index >= 15 is 0 Å². The van der Waals surface area contributed by atoms with Crippen molar-refractivity contribution in [3.63, 3.8) is 0 Å². The molecule has 0 saturated carbocycles. The third-order valence-electron chi connectivity index (χ3n) is 2.45. The summed E-state index contributed by atoms with van der Waals surface area (Å²) in [7, 11) is 1.61. The Bertz CT molecular complexity index is 417. The molecular weight excluding hydrogens is 240 g/mol. The topological polar surface area (TPSA) is 70.5 Å². The summed E-state index contributed by atoms with van der Waals surface area (Å²) in [4.78, 5) is 29.1. The molecule has 0 bridgehead atoms. The maximum absolute atomic E-state index is 11.6. The Morgan fingerprint density at radius 3 is 2.71 bits per heavy atom. The van der Waals surface area contributed by atoms with Gasteiger partial charge in [-0.3, -0.25) is 9.59 Å². The van der Waals surface area contributed by atoms with E-state index in [1.54, 1.807) is 24.6 Å². The minimum atomic E-state index is -1.09. The third-order valence-corrected chi connectivity index (χ3v) is 3.42. The first-order valence-electron chi connectivity index (χ1n) is 5.31. The Morgan fingerprint density at radius 1 is 1.59 bits per heavy atom. The Kier molecular flexibility index (Phi) is 4.62. The summed E-state index contributed by atoms with van der Waals surface area (Å²) >= 11 is 1.59. The van der Waals surface area contributed by atoms with Gasteiger partial charge in [-0.05, 0) is 13.8 Å². The van der Waals surface area contributed by atoms with Crippen LogP contribution in [-0.4, -0.2) is 40.5 Å². The number of carbonyl (C=O) groups is 2. The SMILES string of the molecule is Cc1cnc(CCN(C)C(=O)C(C)C(=O)O)s1. The molecule has 1 heterocycles. The number of likely N-dealkylation sites (N-methyl/N-ethyl adjacent to an activating group) is 1. The van der Waals surface area contributed by atoms with Crippen LogP contribution in [0.3, 0.4) is 0 Å². The van der Waals surface area contributed by atoms with Crippen molar-refractivity contribution in [2.45, 2.75) is 20.3 Å². The average molecular weight is 256 g/mol. The average Bonchev–Trinajstić information content (AvgIpc) is 2.69. The molecule has 0 fully saturated rings. The van der Waals surface area contributed by atoms with E-state index in [1.807, 2.05) is 6.92 Å². The second-order valence-corrected chi connectivity index (χ2v) is 5.25. The maximum Gasteiger partial charge on any atom is 0.315 e. The van der Waals surface area contributed by atoms with Gasteiger partial charge >= 0.3 is 5.97 Å². The molecule has 1 aromatic heterocycles. The lowest BCUT2D eigenvalue weighted by Crippen LogP contribution is -2.36. The van der Waals surface area contributed by atoms with Crippen LogP contribution in [0.15, 0.2) is 6.20 Å². The normalized spacial score (nSPS) is 12.2. The molecule has 0 radical (unpaired) electrons. The first-order valence-corrected chi connectivity index (χ1v) is 6.12. The van der Waals surface area contributed by atoms with E-state index in [1.165, 1.54) is 11.8 Å². The number of hydrogen-bond acceptors (Lipinski definition) is 4. The van der Waals surface area contributed by atoms with Crippen LogP contribution in [-0.2, 0) is 16.0 Å². The fourth-order valence-electron chi connectivity index (χ4n) is 1.33. The molecule has 1 N–H and O–H groups in total. The van der Waals surface area contributed by atoms with Crippen LogP contribution in [0.25, 0.3) is 0 Å². The standard InChI is InChI=1S/C11H16N2O3S/c1-7-6-12-9(17-7)4-5-13(3)10(14)8(2)11(15)16/h6,8H,4-5H2,1-3H3,(H,15,16). The number of nitrogens with zero attached hydrogens (tertiary/aromatic N) is 2. The van der Waals surface area contributed by atoms with Gasteiger partial charge < -0.3 is 10.0 Å². The molecule has 0 aliphatic carbocycles. The number of rotatable bonds is 5. The van der Waals surface area contributed by atoms with E-state index < -0.39 is 11.9 Å². The number of carbonyl (C=O) groups excluding carboxylic acids is 1. The van der Waals surface area contributed by atoms with E-state index in [2.05, 4.69) is 4.98 Å². The van der Waals surface area contributed by atoms with E-state index in [-0.39, 0.29) is 5.91 Å². The highest BCUT2D eigenvalue weighted by atomic mass is 32.1. The van der Waals surface area contributed by atoms with Crippen LogP contribution in [0.1, 0.15) is 16.8 Å². The predicted octanol–water partition coefficient (Wildman–Crippen LogP) is 1.17. The fourth-order valence-corrected chi connectivity index (χ4v) is 2.10. The zero-order valence-corrected chi connectivity index (χ0v) is 11.0. The molecule has 0 aromatic carbocycles. The van der Waals surface area contributed by atoms with E-state index in [4.69, 9.17) is 5.11 Å². The first kappa shape index (κ1) is 13.6. The minimum absolute atomic E-state index is 0.370. The first-order chi connectivity index (χ1) is 7.91. The molecule has 1 rings (SSSR count). The summed E-state index contributed by atoms with van der Waals surface area (Å²) < 4.78 is 0. The number of aliphatic carboxylic acids is 1. The Morgan fingerprint density at radius 2 is 2.24 bits per heavy atom. The molecule has 0 aliphatic rings. The van der Waals surface area contributed by atoms with E-state index in [9.17, 15) is 9.59 Å². The Hall–Kier alpha value is -1.43. The molecule has 1 atom stereocenters. The molecule has 1 unspecified atom stereocenters. The van der Waals surface area contributed by atoms with Crippen molar-refractivity contribution in [2.75, 3.05) is 13.6 Å². The van der Waals surface area contributed by atoms with Gasteiger partial charge in [0.05, 0.1) is 5.01 Å².